The zero-order valence-electron chi connectivity index (χ0n) is 9.80. The first kappa shape index (κ1) is 13.2. The van der Waals surface area contributed by atoms with Crippen LogP contribution in [-0.2, 0) is 0 Å². The molecule has 1 nitrogen and oxygen atoms in total. The third kappa shape index (κ3) is 3.93. The standard InChI is InChI=1S/C11H16O.C2H6/c1-9(11(2,3)12)10-7-5-4-6-8-10;1-2/h5,7-8,12H,1,4,6H2,2-3H3;1-2H3. The highest BCUT2D eigenvalue weighted by Gasteiger charge is 2.19. The van der Waals surface area contributed by atoms with E-state index in [1.165, 1.54) is 0 Å². The maximum Gasteiger partial charge on any atom is 0.0840 e. The molecule has 0 spiro atoms. The largest absolute Gasteiger partial charge is 0.386 e. The molecule has 0 atom stereocenters. The number of aliphatic hydroxyl groups is 1. The van der Waals surface area contributed by atoms with E-state index in [2.05, 4.69) is 18.7 Å². The topological polar surface area (TPSA) is 20.2 Å². The van der Waals surface area contributed by atoms with Crippen molar-refractivity contribution in [3.8, 4) is 0 Å². The van der Waals surface area contributed by atoms with Crippen LogP contribution >= 0.6 is 0 Å². The fraction of sp³-hybridized carbons (Fsp3) is 0.538. The van der Waals surface area contributed by atoms with Gasteiger partial charge in [0, 0.05) is 0 Å². The molecule has 0 aromatic heterocycles. The molecule has 1 rings (SSSR count). The molecule has 14 heavy (non-hydrogen) atoms. The lowest BCUT2D eigenvalue weighted by atomic mass is 9.90. The van der Waals surface area contributed by atoms with Crippen LogP contribution < -0.4 is 0 Å². The average Bonchev–Trinajstić information content (AvgIpc) is 2.20. The normalized spacial score (nSPS) is 15.4. The Labute approximate surface area is 87.8 Å². The van der Waals surface area contributed by atoms with E-state index < -0.39 is 5.60 Å². The van der Waals surface area contributed by atoms with Gasteiger partial charge in [0.2, 0.25) is 0 Å². The Bertz CT molecular complexity index is 238. The van der Waals surface area contributed by atoms with Crippen LogP contribution in [0.15, 0.2) is 36.0 Å². The highest BCUT2D eigenvalue weighted by molar-refractivity contribution is 5.43. The van der Waals surface area contributed by atoms with Gasteiger partial charge in [-0.15, -0.1) is 0 Å². The minimum atomic E-state index is -0.798. The van der Waals surface area contributed by atoms with Crippen molar-refractivity contribution in [2.45, 2.75) is 46.1 Å². The van der Waals surface area contributed by atoms with Crippen LogP contribution in [0.5, 0.6) is 0 Å². The Morgan fingerprint density at radius 2 is 1.93 bits per heavy atom. The van der Waals surface area contributed by atoms with E-state index >= 15 is 0 Å². The van der Waals surface area contributed by atoms with Gasteiger partial charge in [0.05, 0.1) is 5.60 Å². The molecule has 1 N–H and O–H groups in total. The maximum absolute atomic E-state index is 9.66. The molecule has 0 radical (unpaired) electrons. The minimum absolute atomic E-state index is 0.798. The molecule has 0 heterocycles. The van der Waals surface area contributed by atoms with Crippen LogP contribution in [0.2, 0.25) is 0 Å². The number of hydrogen-bond donors (Lipinski definition) is 1. The quantitative estimate of drug-likeness (QED) is 0.712. The van der Waals surface area contributed by atoms with Crippen LogP contribution in [-0.4, -0.2) is 10.7 Å². The van der Waals surface area contributed by atoms with E-state index in [1.54, 1.807) is 13.8 Å². The molecule has 1 heteroatoms. The van der Waals surface area contributed by atoms with Gasteiger partial charge >= 0.3 is 0 Å². The van der Waals surface area contributed by atoms with Crippen molar-refractivity contribution in [2.75, 3.05) is 0 Å². The fourth-order valence-corrected chi connectivity index (χ4v) is 1.19. The smallest absolute Gasteiger partial charge is 0.0840 e. The van der Waals surface area contributed by atoms with Crippen molar-refractivity contribution in [1.29, 1.82) is 0 Å². The van der Waals surface area contributed by atoms with Gasteiger partial charge in [-0.05, 0) is 37.8 Å². The van der Waals surface area contributed by atoms with Crippen molar-refractivity contribution in [1.82, 2.24) is 0 Å². The molecule has 0 aromatic carbocycles. The maximum atomic E-state index is 9.66. The second kappa shape index (κ2) is 5.82. The number of rotatable bonds is 2. The van der Waals surface area contributed by atoms with E-state index in [4.69, 9.17) is 0 Å². The van der Waals surface area contributed by atoms with E-state index in [0.717, 1.165) is 24.0 Å². The van der Waals surface area contributed by atoms with E-state index in [9.17, 15) is 5.11 Å². The average molecular weight is 194 g/mol. The van der Waals surface area contributed by atoms with Gasteiger partial charge in [-0.2, -0.15) is 0 Å². The van der Waals surface area contributed by atoms with Crippen molar-refractivity contribution in [2.24, 2.45) is 0 Å². The number of allylic oxidation sites excluding steroid dienone is 3. The van der Waals surface area contributed by atoms with Crippen molar-refractivity contribution in [3.63, 3.8) is 0 Å². The third-order valence-corrected chi connectivity index (χ3v) is 2.08. The van der Waals surface area contributed by atoms with Gasteiger partial charge in [-0.3, -0.25) is 0 Å². The summed E-state index contributed by atoms with van der Waals surface area (Å²) in [5, 5.41) is 9.66. The molecule has 0 aliphatic heterocycles. The molecule has 0 fully saturated rings. The Hall–Kier alpha value is -0.820. The molecule has 1 aliphatic rings. The van der Waals surface area contributed by atoms with Crippen LogP contribution in [0, 0.1) is 0 Å². The van der Waals surface area contributed by atoms with Gasteiger partial charge in [-0.1, -0.05) is 38.7 Å². The lowest BCUT2D eigenvalue weighted by Gasteiger charge is -2.22. The molecule has 0 aromatic rings. The predicted octanol–water partition coefficient (Wildman–Crippen LogP) is 3.62. The summed E-state index contributed by atoms with van der Waals surface area (Å²) in [5.74, 6) is 0. The summed E-state index contributed by atoms with van der Waals surface area (Å²) in [6, 6.07) is 0. The lowest BCUT2D eigenvalue weighted by Crippen LogP contribution is -2.22. The second-order valence-corrected chi connectivity index (χ2v) is 3.68. The summed E-state index contributed by atoms with van der Waals surface area (Å²) in [5.41, 5.74) is 1.08. The van der Waals surface area contributed by atoms with E-state index in [-0.39, 0.29) is 0 Å². The number of hydrogen-bond acceptors (Lipinski definition) is 1. The lowest BCUT2D eigenvalue weighted by molar-refractivity contribution is 0.123. The summed E-state index contributed by atoms with van der Waals surface area (Å²) < 4.78 is 0. The summed E-state index contributed by atoms with van der Waals surface area (Å²) in [4.78, 5) is 0. The first-order chi connectivity index (χ1) is 6.52. The highest BCUT2D eigenvalue weighted by Crippen LogP contribution is 2.25. The van der Waals surface area contributed by atoms with Crippen LogP contribution in [0.1, 0.15) is 40.5 Å². The van der Waals surface area contributed by atoms with Gasteiger partial charge in [-0.25, -0.2) is 0 Å². The molecule has 0 saturated heterocycles. The van der Waals surface area contributed by atoms with Gasteiger partial charge < -0.3 is 5.11 Å². The van der Waals surface area contributed by atoms with Gasteiger partial charge in [0.25, 0.3) is 0 Å². The van der Waals surface area contributed by atoms with Crippen molar-refractivity contribution >= 4 is 0 Å². The Morgan fingerprint density at radius 1 is 1.36 bits per heavy atom. The van der Waals surface area contributed by atoms with Crippen molar-refractivity contribution in [3.05, 3.63) is 36.0 Å². The summed E-state index contributed by atoms with van der Waals surface area (Å²) in [7, 11) is 0. The second-order valence-electron chi connectivity index (χ2n) is 3.68. The molecule has 0 saturated carbocycles. The summed E-state index contributed by atoms with van der Waals surface area (Å²) >= 11 is 0. The highest BCUT2D eigenvalue weighted by atomic mass is 16.3. The third-order valence-electron chi connectivity index (χ3n) is 2.08. The molecule has 1 aliphatic carbocycles. The first-order valence-electron chi connectivity index (χ1n) is 5.30. The zero-order valence-corrected chi connectivity index (χ0v) is 9.80. The van der Waals surface area contributed by atoms with Gasteiger partial charge in [0.15, 0.2) is 0 Å². The van der Waals surface area contributed by atoms with E-state index in [1.807, 2.05) is 19.9 Å². The summed E-state index contributed by atoms with van der Waals surface area (Å²) in [6.07, 6.45) is 8.43. The SMILES string of the molecule is C=C(C1=CCCC=C1)C(C)(C)O.CC. The first-order valence-corrected chi connectivity index (χ1v) is 5.30. The van der Waals surface area contributed by atoms with Crippen molar-refractivity contribution < 1.29 is 5.11 Å². The monoisotopic (exact) mass is 194 g/mol. The Balaban J connectivity index is 0.000000791. The van der Waals surface area contributed by atoms with Crippen LogP contribution in [0.25, 0.3) is 0 Å². The fourth-order valence-electron chi connectivity index (χ4n) is 1.19. The Morgan fingerprint density at radius 3 is 2.29 bits per heavy atom. The summed E-state index contributed by atoms with van der Waals surface area (Å²) in [6.45, 7) is 11.4. The van der Waals surface area contributed by atoms with Gasteiger partial charge in [0.1, 0.15) is 0 Å². The van der Waals surface area contributed by atoms with E-state index in [0.29, 0.717) is 0 Å². The molecule has 0 bridgehead atoms. The van der Waals surface area contributed by atoms with Crippen LogP contribution in [0.4, 0.5) is 0 Å². The minimum Gasteiger partial charge on any atom is -0.386 e. The molecular weight excluding hydrogens is 172 g/mol. The molecule has 0 amide bonds. The molecular formula is C13H22O. The predicted molar refractivity (Wildman–Crippen MR) is 63.2 cm³/mol. The molecule has 0 unspecified atom stereocenters. The Kier molecular flexibility index (Phi) is 5.47. The van der Waals surface area contributed by atoms with Crippen LogP contribution in [0.3, 0.4) is 0 Å². The zero-order chi connectivity index (χ0) is 11.2. The molecule has 80 valence electrons.